The van der Waals surface area contributed by atoms with Gasteiger partial charge in [0.1, 0.15) is 6.10 Å². The van der Waals surface area contributed by atoms with E-state index < -0.39 is 11.9 Å². The second-order valence-electron chi connectivity index (χ2n) is 6.65. The van der Waals surface area contributed by atoms with Gasteiger partial charge in [-0.05, 0) is 30.1 Å². The third-order valence-corrected chi connectivity index (χ3v) is 4.93. The molecule has 0 radical (unpaired) electrons. The zero-order valence-corrected chi connectivity index (χ0v) is 13.2. The Morgan fingerprint density at radius 2 is 1.74 bits per heavy atom. The summed E-state index contributed by atoms with van der Waals surface area (Å²) in [6, 6.07) is 10.0. The van der Waals surface area contributed by atoms with Gasteiger partial charge in [-0.1, -0.05) is 36.8 Å². The maximum absolute atomic E-state index is 12.2. The predicted octanol–water partition coefficient (Wildman–Crippen LogP) is 3.16. The number of hydrogen-bond donors (Lipinski definition) is 0. The Hall–Kier alpha value is -1.49. The molecule has 23 heavy (non-hydrogen) atoms. The molecule has 0 aromatic heterocycles. The van der Waals surface area contributed by atoms with Crippen molar-refractivity contribution in [3.8, 4) is 0 Å². The van der Waals surface area contributed by atoms with Crippen molar-refractivity contribution in [2.45, 2.75) is 56.7 Å². The highest BCUT2D eigenvalue weighted by atomic mass is 16.8. The molecule has 1 saturated carbocycles. The zero-order valence-electron chi connectivity index (χ0n) is 13.2. The van der Waals surface area contributed by atoms with E-state index in [0.29, 0.717) is 13.2 Å². The Bertz CT molecular complexity index is 601. The van der Waals surface area contributed by atoms with Gasteiger partial charge >= 0.3 is 0 Å². The van der Waals surface area contributed by atoms with Crippen LogP contribution in [-0.2, 0) is 25.6 Å². The van der Waals surface area contributed by atoms with E-state index in [4.69, 9.17) is 14.2 Å². The standard InChI is InChI=1S/C19H22O4/c20-16-11-15(13-21-12-14-7-3-1-4-8-14)17-18(16)23-19(22-17)9-5-2-6-10-19/h1,3-4,7-8,11,17-18H,2,5-6,9-10,12-13H2/t17-,18+/m0/s1. The fraction of sp³-hybridized carbons (Fsp3) is 0.526. The molecule has 0 bridgehead atoms. The minimum atomic E-state index is -0.526. The van der Waals surface area contributed by atoms with Crippen LogP contribution in [0.2, 0.25) is 0 Å². The first kappa shape index (κ1) is 15.1. The normalized spacial score (nSPS) is 28.9. The first-order chi connectivity index (χ1) is 11.3. The van der Waals surface area contributed by atoms with Crippen LogP contribution in [0.25, 0.3) is 0 Å². The summed E-state index contributed by atoms with van der Waals surface area (Å²) < 4.78 is 18.0. The number of benzene rings is 1. The molecule has 2 atom stereocenters. The first-order valence-corrected chi connectivity index (χ1v) is 8.47. The summed E-state index contributed by atoms with van der Waals surface area (Å²) in [5, 5.41) is 0. The summed E-state index contributed by atoms with van der Waals surface area (Å²) >= 11 is 0. The van der Waals surface area contributed by atoms with Gasteiger partial charge in [0, 0.05) is 12.8 Å². The van der Waals surface area contributed by atoms with Gasteiger partial charge in [0.25, 0.3) is 0 Å². The Morgan fingerprint density at radius 1 is 1.00 bits per heavy atom. The lowest BCUT2D eigenvalue weighted by atomic mass is 9.94. The van der Waals surface area contributed by atoms with Crippen molar-refractivity contribution >= 4 is 5.78 Å². The highest BCUT2D eigenvalue weighted by Crippen LogP contribution is 2.44. The second kappa shape index (κ2) is 6.19. The molecule has 4 rings (SSSR count). The van der Waals surface area contributed by atoms with E-state index in [1.54, 1.807) is 6.08 Å². The van der Waals surface area contributed by atoms with Crippen molar-refractivity contribution in [2.75, 3.05) is 6.61 Å². The molecule has 1 aromatic carbocycles. The molecule has 4 heteroatoms. The lowest BCUT2D eigenvalue weighted by Gasteiger charge is -2.32. The average Bonchev–Trinajstić information content (AvgIpc) is 3.07. The SMILES string of the molecule is O=C1C=C(COCc2ccccc2)[C@@H]2OC3(CCCCC3)O[C@H]12. The van der Waals surface area contributed by atoms with Gasteiger partial charge in [0.2, 0.25) is 0 Å². The number of carbonyl (C=O) groups is 1. The minimum absolute atomic E-state index is 0.0239. The maximum Gasteiger partial charge on any atom is 0.187 e. The number of ether oxygens (including phenoxy) is 3. The molecule has 0 unspecified atom stereocenters. The lowest BCUT2D eigenvalue weighted by Crippen LogP contribution is -2.34. The minimum Gasteiger partial charge on any atom is -0.372 e. The van der Waals surface area contributed by atoms with Crippen LogP contribution >= 0.6 is 0 Å². The molecule has 1 heterocycles. The van der Waals surface area contributed by atoms with E-state index in [2.05, 4.69) is 0 Å². The fourth-order valence-electron chi connectivity index (χ4n) is 3.75. The van der Waals surface area contributed by atoms with Gasteiger partial charge in [-0.15, -0.1) is 0 Å². The third kappa shape index (κ3) is 2.99. The molecule has 0 amide bonds. The molecular weight excluding hydrogens is 292 g/mol. The number of fused-ring (bicyclic) bond motifs is 1. The van der Waals surface area contributed by atoms with Gasteiger partial charge in [0.15, 0.2) is 17.7 Å². The summed E-state index contributed by atoms with van der Waals surface area (Å²) in [4.78, 5) is 12.2. The van der Waals surface area contributed by atoms with Gasteiger partial charge in [-0.3, -0.25) is 4.79 Å². The summed E-state index contributed by atoms with van der Waals surface area (Å²) in [6.07, 6.45) is 6.17. The van der Waals surface area contributed by atoms with Crippen LogP contribution in [-0.4, -0.2) is 30.4 Å². The Balaban J connectivity index is 1.38. The van der Waals surface area contributed by atoms with Crippen molar-refractivity contribution in [1.82, 2.24) is 0 Å². The monoisotopic (exact) mass is 314 g/mol. The van der Waals surface area contributed by atoms with Gasteiger partial charge in [-0.2, -0.15) is 0 Å². The van der Waals surface area contributed by atoms with Crippen LogP contribution in [0.4, 0.5) is 0 Å². The molecule has 2 aliphatic carbocycles. The van der Waals surface area contributed by atoms with Crippen LogP contribution in [0, 0.1) is 0 Å². The first-order valence-electron chi connectivity index (χ1n) is 8.47. The third-order valence-electron chi connectivity index (χ3n) is 4.93. The smallest absolute Gasteiger partial charge is 0.187 e. The molecule has 1 spiro atoms. The van der Waals surface area contributed by atoms with E-state index in [9.17, 15) is 4.79 Å². The molecule has 122 valence electrons. The predicted molar refractivity (Wildman–Crippen MR) is 84.8 cm³/mol. The Morgan fingerprint density at radius 3 is 2.52 bits per heavy atom. The molecular formula is C19H22O4. The molecule has 3 aliphatic rings. The van der Waals surface area contributed by atoms with Crippen LogP contribution in [0.3, 0.4) is 0 Å². The van der Waals surface area contributed by atoms with Crippen molar-refractivity contribution in [3.63, 3.8) is 0 Å². The Kier molecular flexibility index (Phi) is 4.05. The van der Waals surface area contributed by atoms with Crippen LogP contribution < -0.4 is 0 Å². The number of hydrogen-bond acceptors (Lipinski definition) is 4. The summed E-state index contributed by atoms with van der Waals surface area (Å²) in [7, 11) is 0. The summed E-state index contributed by atoms with van der Waals surface area (Å²) in [5.74, 6) is -0.502. The van der Waals surface area contributed by atoms with E-state index in [0.717, 1.165) is 36.8 Å². The molecule has 1 aromatic rings. The highest BCUT2D eigenvalue weighted by molar-refractivity contribution is 5.98. The van der Waals surface area contributed by atoms with E-state index >= 15 is 0 Å². The van der Waals surface area contributed by atoms with Gasteiger partial charge in [-0.25, -0.2) is 0 Å². The van der Waals surface area contributed by atoms with Crippen molar-refractivity contribution < 1.29 is 19.0 Å². The van der Waals surface area contributed by atoms with Gasteiger partial charge < -0.3 is 14.2 Å². The quantitative estimate of drug-likeness (QED) is 0.856. The van der Waals surface area contributed by atoms with E-state index in [1.165, 1.54) is 6.42 Å². The molecule has 4 nitrogen and oxygen atoms in total. The van der Waals surface area contributed by atoms with Crippen molar-refractivity contribution in [3.05, 3.63) is 47.5 Å². The maximum atomic E-state index is 12.2. The van der Waals surface area contributed by atoms with Gasteiger partial charge in [0.05, 0.1) is 13.2 Å². The summed E-state index contributed by atoms with van der Waals surface area (Å²) in [5.41, 5.74) is 2.04. The van der Waals surface area contributed by atoms with Crippen LogP contribution in [0.15, 0.2) is 42.0 Å². The van der Waals surface area contributed by atoms with Crippen LogP contribution in [0.1, 0.15) is 37.7 Å². The number of rotatable bonds is 4. The average molecular weight is 314 g/mol. The second-order valence-corrected chi connectivity index (χ2v) is 6.65. The number of ketones is 1. The fourth-order valence-corrected chi connectivity index (χ4v) is 3.75. The molecule has 1 saturated heterocycles. The molecule has 1 aliphatic heterocycles. The van der Waals surface area contributed by atoms with E-state index in [1.807, 2.05) is 30.3 Å². The zero-order chi connectivity index (χ0) is 15.7. The lowest BCUT2D eigenvalue weighted by molar-refractivity contribution is -0.193. The topological polar surface area (TPSA) is 44.8 Å². The van der Waals surface area contributed by atoms with E-state index in [-0.39, 0.29) is 11.9 Å². The highest BCUT2D eigenvalue weighted by Gasteiger charge is 2.53. The van der Waals surface area contributed by atoms with Crippen molar-refractivity contribution in [2.24, 2.45) is 0 Å². The number of carbonyl (C=O) groups excluding carboxylic acids is 1. The summed E-state index contributed by atoms with van der Waals surface area (Å²) in [6.45, 7) is 0.955. The molecule has 0 N–H and O–H groups in total. The Labute approximate surface area is 136 Å². The largest absolute Gasteiger partial charge is 0.372 e. The van der Waals surface area contributed by atoms with Crippen molar-refractivity contribution in [1.29, 1.82) is 0 Å². The molecule has 2 fully saturated rings. The van der Waals surface area contributed by atoms with Crippen LogP contribution in [0.5, 0.6) is 0 Å².